The summed E-state index contributed by atoms with van der Waals surface area (Å²) in [5.74, 6) is -2.27. The molecule has 0 radical (unpaired) electrons. The number of aliphatic hydroxyl groups is 1. The van der Waals surface area contributed by atoms with Crippen LogP contribution in [0.1, 0.15) is 323 Å². The van der Waals surface area contributed by atoms with Gasteiger partial charge in [0.05, 0.1) is 26.4 Å². The number of carbonyl (C=O) groups is 4. The topological polar surface area (TPSA) is 237 Å². The van der Waals surface area contributed by atoms with Crippen molar-refractivity contribution in [1.29, 1.82) is 0 Å². The molecule has 0 aromatic carbocycles. The molecule has 0 aromatic heterocycles. The number of rotatable bonds is 76. The summed E-state index contributed by atoms with van der Waals surface area (Å²) < 4.78 is 68.6. The van der Waals surface area contributed by atoms with Crippen LogP contribution in [0.3, 0.4) is 0 Å². The van der Waals surface area contributed by atoms with Gasteiger partial charge in [-0.1, -0.05) is 302 Å². The fraction of sp³-hybridized carbons (Fsp3) is 0.678. The van der Waals surface area contributed by atoms with Crippen LogP contribution in [0.5, 0.6) is 0 Å². The molecule has 0 aliphatic carbocycles. The lowest BCUT2D eigenvalue weighted by Gasteiger charge is -2.21. The van der Waals surface area contributed by atoms with Gasteiger partial charge in [0.25, 0.3) is 0 Å². The van der Waals surface area contributed by atoms with E-state index in [2.05, 4.69) is 161 Å². The highest BCUT2D eigenvalue weighted by Crippen LogP contribution is 2.45. The van der Waals surface area contributed by atoms with Crippen molar-refractivity contribution in [3.8, 4) is 0 Å². The molecule has 0 spiro atoms. The lowest BCUT2D eigenvalue weighted by Crippen LogP contribution is -2.30. The molecular weight excluding hydrogens is 1380 g/mol. The minimum atomic E-state index is -5.00. The van der Waals surface area contributed by atoms with E-state index in [4.69, 9.17) is 37.0 Å². The number of allylic oxidation sites excluding steroid dienone is 24. The van der Waals surface area contributed by atoms with Gasteiger partial charge < -0.3 is 33.8 Å². The molecule has 0 amide bonds. The zero-order valence-electron chi connectivity index (χ0n) is 66.3. The van der Waals surface area contributed by atoms with Crippen molar-refractivity contribution >= 4 is 39.5 Å². The van der Waals surface area contributed by atoms with Gasteiger partial charge in [0.1, 0.15) is 19.3 Å². The minimum Gasteiger partial charge on any atom is -0.462 e. The molecule has 0 bridgehead atoms. The normalized spacial score (nSPS) is 14.6. The summed E-state index contributed by atoms with van der Waals surface area (Å²) >= 11 is 0. The van der Waals surface area contributed by atoms with Crippen molar-refractivity contribution in [3.63, 3.8) is 0 Å². The molecule has 0 saturated carbocycles. The van der Waals surface area contributed by atoms with Crippen molar-refractivity contribution in [1.82, 2.24) is 0 Å². The Morgan fingerprint density at radius 3 is 0.811 bits per heavy atom. The van der Waals surface area contributed by atoms with Crippen molar-refractivity contribution in [2.45, 2.75) is 341 Å². The Morgan fingerprint density at radius 2 is 0.500 bits per heavy atom. The van der Waals surface area contributed by atoms with Gasteiger partial charge in [-0.15, -0.1) is 0 Å². The number of unbranched alkanes of at least 4 members (excludes halogenated alkanes) is 26. The Bertz CT molecular complexity index is 2580. The van der Waals surface area contributed by atoms with Gasteiger partial charge in [0.2, 0.25) is 0 Å². The molecule has 17 nitrogen and oxygen atoms in total. The number of phosphoric acid groups is 2. The van der Waals surface area contributed by atoms with E-state index in [0.717, 1.165) is 180 Å². The molecule has 606 valence electrons. The van der Waals surface area contributed by atoms with Crippen LogP contribution in [0.15, 0.2) is 146 Å². The van der Waals surface area contributed by atoms with Crippen LogP contribution in [-0.2, 0) is 65.4 Å². The summed E-state index contributed by atoms with van der Waals surface area (Å²) in [6.07, 6.45) is 89.7. The molecule has 0 aliphatic heterocycles. The summed E-state index contributed by atoms with van der Waals surface area (Å²) in [7, 11) is -9.99. The molecule has 0 fully saturated rings. The quantitative estimate of drug-likeness (QED) is 0.0169. The Balaban J connectivity index is 5.40. The van der Waals surface area contributed by atoms with Crippen molar-refractivity contribution in [2.24, 2.45) is 0 Å². The number of ether oxygens (including phenoxy) is 4. The van der Waals surface area contributed by atoms with Gasteiger partial charge in [0, 0.05) is 25.7 Å². The maximum atomic E-state index is 13.1. The first-order chi connectivity index (χ1) is 51.7. The molecule has 19 heteroatoms. The maximum Gasteiger partial charge on any atom is 0.472 e. The SMILES string of the molecule is CC/C=C\C/C=C\C/C=C\C/C=C\C/C=C\CCCC(=O)OC(COC(=O)CCCCCCCC/C=C\C/C=C\C/C=C\C/C=C\CC)COP(=O)(O)OCC(O)COP(=O)(O)OCC(COC(=O)CCCCCCCC/C=C\C/C=C\C/C=C\CCCCC)OC(=O)CCCCCCCCCCCCC. The average Bonchev–Trinajstić information content (AvgIpc) is 0.901. The average molecular weight is 1530 g/mol. The number of aliphatic hydroxyl groups excluding tert-OH is 1. The molecule has 0 rings (SSSR count). The second-order valence-electron chi connectivity index (χ2n) is 27.0. The monoisotopic (exact) mass is 1530 g/mol. The van der Waals surface area contributed by atoms with E-state index in [1.54, 1.807) is 0 Å². The van der Waals surface area contributed by atoms with Crippen LogP contribution in [-0.4, -0.2) is 96.7 Å². The first-order valence-corrected chi connectivity index (χ1v) is 44.1. The predicted molar refractivity (Wildman–Crippen MR) is 436 cm³/mol. The van der Waals surface area contributed by atoms with E-state index in [1.165, 1.54) is 57.8 Å². The molecule has 0 heterocycles. The highest BCUT2D eigenvalue weighted by Gasteiger charge is 2.30. The zero-order valence-corrected chi connectivity index (χ0v) is 68.1. The first-order valence-electron chi connectivity index (χ1n) is 41.1. The molecule has 106 heavy (non-hydrogen) atoms. The highest BCUT2D eigenvalue weighted by molar-refractivity contribution is 7.47. The Hall–Kier alpha value is -5.06. The zero-order chi connectivity index (χ0) is 77.4. The fourth-order valence-corrected chi connectivity index (χ4v) is 12.2. The smallest absolute Gasteiger partial charge is 0.462 e. The first kappa shape index (κ1) is 101. The van der Waals surface area contributed by atoms with Gasteiger partial charge in [-0.2, -0.15) is 0 Å². The highest BCUT2D eigenvalue weighted by atomic mass is 31.2. The standard InChI is InChI=1S/C87H146O17P2/c1-5-9-13-17-21-25-29-32-35-38-40-43-45-48-52-55-59-63-67-71-84(89)97-77-82(103-86(91)73-69-65-61-57-51-28-24-20-16-12-8-4)79-101-105(93,94)99-75-81(88)76-100-106(95,96)102-80-83(104-87(92)74-70-66-62-58-54-50-47-42-37-34-31-27-23-19-15-11-7-3)78-98-85(90)72-68-64-60-56-53-49-46-44-41-39-36-33-30-26-22-18-14-10-6-2/h10-11,14-15,21-23,25-27,32-37,40-41,43-44,47,50,58,62,81-83,88H,5-9,12-13,16-20,24,28-31,38-39,42,45-46,48-49,51-57,59-61,63-80H2,1-4H3,(H,93,94)(H,95,96)/b14-10-,15-11-,25-21-,26-22-,27-23-,35-32-,36-33-,37-34-,43-40-,44-41-,50-47-,62-58-. The maximum absolute atomic E-state index is 13.1. The third kappa shape index (κ3) is 77.1. The van der Waals surface area contributed by atoms with Gasteiger partial charge in [0.15, 0.2) is 12.2 Å². The van der Waals surface area contributed by atoms with Crippen LogP contribution in [0.2, 0.25) is 0 Å². The van der Waals surface area contributed by atoms with E-state index in [0.29, 0.717) is 32.1 Å². The summed E-state index contributed by atoms with van der Waals surface area (Å²) in [6.45, 7) is 4.53. The predicted octanol–water partition coefficient (Wildman–Crippen LogP) is 24.2. The molecule has 0 aromatic rings. The van der Waals surface area contributed by atoms with Gasteiger partial charge in [-0.25, -0.2) is 9.13 Å². The fourth-order valence-electron chi connectivity index (χ4n) is 10.6. The molecule has 3 N–H and O–H groups in total. The van der Waals surface area contributed by atoms with E-state index in [9.17, 15) is 43.2 Å². The third-order valence-electron chi connectivity index (χ3n) is 16.8. The van der Waals surface area contributed by atoms with E-state index >= 15 is 0 Å². The second kappa shape index (κ2) is 78.1. The molecule has 5 unspecified atom stereocenters. The lowest BCUT2D eigenvalue weighted by atomic mass is 10.1. The third-order valence-corrected chi connectivity index (χ3v) is 18.7. The van der Waals surface area contributed by atoms with Gasteiger partial charge in [-0.05, 0) is 141 Å². The van der Waals surface area contributed by atoms with Crippen LogP contribution in [0, 0.1) is 0 Å². The van der Waals surface area contributed by atoms with Crippen LogP contribution >= 0.6 is 15.6 Å². The Labute approximate surface area is 643 Å². The number of hydrogen-bond donors (Lipinski definition) is 3. The van der Waals surface area contributed by atoms with Crippen LogP contribution in [0.4, 0.5) is 0 Å². The molecule has 5 atom stereocenters. The molecule has 0 saturated heterocycles. The van der Waals surface area contributed by atoms with Crippen molar-refractivity contribution < 1.29 is 80.2 Å². The summed E-state index contributed by atoms with van der Waals surface area (Å²) in [6, 6.07) is 0. The Morgan fingerprint density at radius 1 is 0.274 bits per heavy atom. The van der Waals surface area contributed by atoms with Crippen LogP contribution in [0.25, 0.3) is 0 Å². The molecular formula is C87H146O17P2. The largest absolute Gasteiger partial charge is 0.472 e. The van der Waals surface area contributed by atoms with Crippen molar-refractivity contribution in [2.75, 3.05) is 39.6 Å². The second-order valence-corrected chi connectivity index (χ2v) is 29.9. The van der Waals surface area contributed by atoms with Crippen molar-refractivity contribution in [3.05, 3.63) is 146 Å². The number of esters is 4. The van der Waals surface area contributed by atoms with E-state index in [-0.39, 0.29) is 25.7 Å². The number of phosphoric ester groups is 2. The van der Waals surface area contributed by atoms with E-state index < -0.39 is 97.5 Å². The van der Waals surface area contributed by atoms with Gasteiger partial charge in [-0.3, -0.25) is 37.3 Å². The lowest BCUT2D eigenvalue weighted by molar-refractivity contribution is -0.161. The number of carbonyl (C=O) groups excluding carboxylic acids is 4. The Kier molecular flexibility index (Phi) is 74.3. The van der Waals surface area contributed by atoms with E-state index in [1.807, 2.05) is 12.2 Å². The summed E-state index contributed by atoms with van der Waals surface area (Å²) in [4.78, 5) is 73.1. The summed E-state index contributed by atoms with van der Waals surface area (Å²) in [5.41, 5.74) is 0. The van der Waals surface area contributed by atoms with Gasteiger partial charge >= 0.3 is 39.5 Å². The van der Waals surface area contributed by atoms with Crippen LogP contribution < -0.4 is 0 Å². The number of hydrogen-bond acceptors (Lipinski definition) is 15. The minimum absolute atomic E-state index is 0.00934. The summed E-state index contributed by atoms with van der Waals surface area (Å²) in [5, 5.41) is 10.6. The molecule has 0 aliphatic rings.